The highest BCUT2D eigenvalue weighted by atomic mass is 28.3. The van der Waals surface area contributed by atoms with Gasteiger partial charge in [0, 0.05) is 0 Å². The first-order valence-electron chi connectivity index (χ1n) is 15.3. The Bertz CT molecular complexity index is 1340. The molecule has 0 radical (unpaired) electrons. The molecule has 0 bridgehead atoms. The summed E-state index contributed by atoms with van der Waals surface area (Å²) in [4.78, 5) is 0. The van der Waals surface area contributed by atoms with Crippen molar-refractivity contribution in [2.75, 3.05) is 0 Å². The van der Waals surface area contributed by atoms with Crippen molar-refractivity contribution in [2.45, 2.75) is 45.3 Å². The Morgan fingerprint density at radius 2 is 1.05 bits per heavy atom. The summed E-state index contributed by atoms with van der Waals surface area (Å²) in [5.41, 5.74) is 4.50. The molecule has 0 aliphatic heterocycles. The van der Waals surface area contributed by atoms with Gasteiger partial charge in [0.2, 0.25) is 0 Å². The summed E-state index contributed by atoms with van der Waals surface area (Å²) in [7, 11) is -2.14. The number of hydrogen-bond acceptors (Lipinski definition) is 0. The van der Waals surface area contributed by atoms with Crippen LogP contribution in [0.5, 0.6) is 0 Å². The highest BCUT2D eigenvalue weighted by Crippen LogP contribution is 2.66. The molecule has 39 heavy (non-hydrogen) atoms. The number of rotatable bonds is 3. The van der Waals surface area contributed by atoms with Crippen LogP contribution in [-0.2, 0) is 0 Å². The molecule has 1 aromatic rings. The summed E-state index contributed by atoms with van der Waals surface area (Å²) >= 11 is 0. The van der Waals surface area contributed by atoms with E-state index in [1.807, 2.05) is 0 Å². The van der Waals surface area contributed by atoms with Crippen LogP contribution < -0.4 is 5.19 Å². The molecular formula is C38H44Si. The number of hydrogen-bond donors (Lipinski definition) is 0. The molecule has 0 nitrogen and oxygen atoms in total. The lowest BCUT2D eigenvalue weighted by atomic mass is 9.76. The van der Waals surface area contributed by atoms with Crippen molar-refractivity contribution in [1.82, 2.24) is 0 Å². The Hall–Kier alpha value is -2.64. The molecule has 0 spiro atoms. The lowest BCUT2D eigenvalue weighted by Crippen LogP contribution is -2.58. The van der Waals surface area contributed by atoms with Crippen LogP contribution in [0.1, 0.15) is 27.7 Å². The van der Waals surface area contributed by atoms with Crippen LogP contribution in [0.2, 0.25) is 17.6 Å². The zero-order valence-electron chi connectivity index (χ0n) is 24.2. The van der Waals surface area contributed by atoms with Crippen molar-refractivity contribution >= 4 is 13.3 Å². The first kappa shape index (κ1) is 25.3. The summed E-state index contributed by atoms with van der Waals surface area (Å²) < 4.78 is 0. The van der Waals surface area contributed by atoms with Gasteiger partial charge in [-0.2, -0.15) is 0 Å². The minimum atomic E-state index is -2.14. The molecule has 1 aromatic carbocycles. The molecule has 0 heterocycles. The SMILES string of the molecule is CC1=CC2C(C=C1)C1C=CC(C(C)(C)C)=CC1C2[Si](C)(c1ccccc1)C1C2C=CC=CC2C2C=CC=CC21. The van der Waals surface area contributed by atoms with Crippen LogP contribution >= 0.6 is 0 Å². The Labute approximate surface area is 237 Å². The van der Waals surface area contributed by atoms with E-state index in [0.29, 0.717) is 58.4 Å². The van der Waals surface area contributed by atoms with Crippen LogP contribution in [-0.4, -0.2) is 8.07 Å². The second-order valence-corrected chi connectivity index (χ2v) is 18.8. The average molecular weight is 529 g/mol. The fraction of sp³-hybridized carbons (Fsp3) is 0.421. The number of fused-ring (bicyclic) bond motifs is 6. The van der Waals surface area contributed by atoms with Crippen molar-refractivity contribution < 1.29 is 0 Å². The minimum absolute atomic E-state index is 0.170. The Balaban J connectivity index is 1.46. The van der Waals surface area contributed by atoms with Crippen LogP contribution in [0.3, 0.4) is 0 Å². The molecule has 1 heteroatoms. The average Bonchev–Trinajstić information content (AvgIpc) is 3.45. The normalized spacial score (nSPS) is 40.8. The molecule has 0 saturated heterocycles. The summed E-state index contributed by atoms with van der Waals surface area (Å²) in [5.74, 6) is 4.85. The summed E-state index contributed by atoms with van der Waals surface area (Å²) in [6.45, 7) is 12.3. The molecule has 0 aromatic heterocycles. The summed E-state index contributed by atoms with van der Waals surface area (Å²) in [6, 6.07) is 11.9. The van der Waals surface area contributed by atoms with Gasteiger partial charge in [-0.25, -0.2) is 0 Å². The van der Waals surface area contributed by atoms with Gasteiger partial charge < -0.3 is 0 Å². The van der Waals surface area contributed by atoms with Gasteiger partial charge >= 0.3 is 0 Å². The molecule has 7 rings (SSSR count). The maximum atomic E-state index is 2.82. The second kappa shape index (κ2) is 9.20. The van der Waals surface area contributed by atoms with E-state index in [9.17, 15) is 0 Å². The highest BCUT2D eigenvalue weighted by molar-refractivity contribution is 6.93. The third kappa shape index (κ3) is 3.83. The van der Waals surface area contributed by atoms with Crippen LogP contribution in [0.4, 0.5) is 0 Å². The van der Waals surface area contributed by atoms with Crippen molar-refractivity contribution in [1.29, 1.82) is 0 Å². The van der Waals surface area contributed by atoms with Gasteiger partial charge in [-0.3, -0.25) is 0 Å². The molecule has 0 amide bonds. The first-order chi connectivity index (χ1) is 18.8. The van der Waals surface area contributed by atoms with E-state index in [0.717, 1.165) is 0 Å². The molecule has 0 N–H and O–H groups in total. The van der Waals surface area contributed by atoms with Gasteiger partial charge in [-0.15, -0.1) is 0 Å². The van der Waals surface area contributed by atoms with Gasteiger partial charge in [-0.05, 0) is 76.3 Å². The van der Waals surface area contributed by atoms with E-state index in [4.69, 9.17) is 0 Å². The van der Waals surface area contributed by atoms with Crippen molar-refractivity contribution in [3.63, 3.8) is 0 Å². The van der Waals surface area contributed by atoms with E-state index in [-0.39, 0.29) is 5.41 Å². The fourth-order valence-corrected chi connectivity index (χ4v) is 16.4. The topological polar surface area (TPSA) is 0 Å². The Morgan fingerprint density at radius 1 is 0.564 bits per heavy atom. The van der Waals surface area contributed by atoms with Crippen LogP contribution in [0.25, 0.3) is 0 Å². The smallest absolute Gasteiger partial charge is 0.0808 e. The van der Waals surface area contributed by atoms with Crippen LogP contribution in [0, 0.1) is 52.8 Å². The fourth-order valence-electron chi connectivity index (χ4n) is 9.82. The zero-order chi connectivity index (χ0) is 26.9. The predicted molar refractivity (Wildman–Crippen MR) is 169 cm³/mol. The van der Waals surface area contributed by atoms with Gasteiger partial charge in [0.15, 0.2) is 0 Å². The lowest BCUT2D eigenvalue weighted by Gasteiger charge is -2.49. The van der Waals surface area contributed by atoms with E-state index < -0.39 is 8.07 Å². The number of benzene rings is 1. The van der Waals surface area contributed by atoms with E-state index in [1.54, 1.807) is 5.19 Å². The molecule has 6 aliphatic rings. The van der Waals surface area contributed by atoms with Gasteiger partial charge in [0.25, 0.3) is 0 Å². The zero-order valence-corrected chi connectivity index (χ0v) is 25.2. The van der Waals surface area contributed by atoms with E-state index in [1.165, 1.54) is 11.1 Å². The molecule has 200 valence electrons. The van der Waals surface area contributed by atoms with Gasteiger partial charge in [0.05, 0.1) is 8.07 Å². The molecule has 10 unspecified atom stereocenters. The molecule has 6 aliphatic carbocycles. The minimum Gasteiger partial charge on any atom is -0.0808 e. The largest absolute Gasteiger partial charge is 0.0921 e. The lowest BCUT2D eigenvalue weighted by molar-refractivity contribution is 0.441. The van der Waals surface area contributed by atoms with Crippen molar-refractivity contribution in [2.24, 2.45) is 52.8 Å². The third-order valence-corrected chi connectivity index (χ3v) is 17.3. The quantitative estimate of drug-likeness (QED) is 0.343. The number of allylic oxidation sites excluding steroid dienone is 16. The molecule has 2 fully saturated rings. The highest BCUT2D eigenvalue weighted by Gasteiger charge is 2.64. The third-order valence-electron chi connectivity index (χ3n) is 11.4. The van der Waals surface area contributed by atoms with Crippen molar-refractivity contribution in [3.05, 3.63) is 127 Å². The van der Waals surface area contributed by atoms with Gasteiger partial charge in [-0.1, -0.05) is 153 Å². The molecular weight excluding hydrogens is 485 g/mol. The van der Waals surface area contributed by atoms with E-state index >= 15 is 0 Å². The Kier molecular flexibility index (Phi) is 5.98. The molecule has 2 saturated carbocycles. The van der Waals surface area contributed by atoms with E-state index in [2.05, 4.69) is 150 Å². The second-order valence-electron chi connectivity index (χ2n) is 14.4. The first-order valence-corrected chi connectivity index (χ1v) is 18.0. The monoisotopic (exact) mass is 528 g/mol. The maximum Gasteiger partial charge on any atom is 0.0921 e. The standard InChI is InChI=1S/C38H44Si/c1-25-19-21-30-31-22-20-26(38(2,3)4)24-35(31)37(34(30)23-25)39(5,27-13-7-6-8-14-27)36-32-17-11-9-15-28(32)29-16-10-12-18-33(29)36/h6-24,28-37H,1-5H3. The predicted octanol–water partition coefficient (Wildman–Crippen LogP) is 8.98. The van der Waals surface area contributed by atoms with Crippen molar-refractivity contribution in [3.8, 4) is 0 Å². The van der Waals surface area contributed by atoms with Gasteiger partial charge in [0.1, 0.15) is 0 Å². The molecule has 10 atom stereocenters. The summed E-state index contributed by atoms with van der Waals surface area (Å²) in [6.07, 6.45) is 35.2. The van der Waals surface area contributed by atoms with Crippen LogP contribution in [0.15, 0.2) is 127 Å². The Morgan fingerprint density at radius 3 is 1.64 bits per heavy atom. The maximum absolute atomic E-state index is 2.82. The summed E-state index contributed by atoms with van der Waals surface area (Å²) in [5, 5.41) is 1.67.